The van der Waals surface area contributed by atoms with Crippen LogP contribution in [0.15, 0.2) is 71.7 Å². The zero-order valence-electron chi connectivity index (χ0n) is 24.7. The first-order valence-electron chi connectivity index (χ1n) is 14.1. The SMILES string of the molecule is Cc1c(NC(=O)c2ccc(C(C)(C)C)cc2)cccc1-c1cn(C)c(=O)c(Nc2ccc(N3CCC(O)C3)c(N)c2)n1. The van der Waals surface area contributed by atoms with Crippen LogP contribution in [0.5, 0.6) is 0 Å². The van der Waals surface area contributed by atoms with Crippen LogP contribution in [0.4, 0.5) is 28.6 Å². The number of rotatable bonds is 6. The van der Waals surface area contributed by atoms with Gasteiger partial charge in [0.25, 0.3) is 11.5 Å². The number of β-amino-alcohol motifs (C(OH)–C–C–N with tert-alkyl or cyclic N) is 1. The number of nitrogens with zero attached hydrogens (tertiary/aromatic N) is 3. The topological polar surface area (TPSA) is 126 Å². The van der Waals surface area contributed by atoms with Gasteiger partial charge in [0.1, 0.15) is 0 Å². The maximum absolute atomic E-state index is 13.1. The van der Waals surface area contributed by atoms with Crippen molar-refractivity contribution in [2.45, 2.75) is 45.6 Å². The van der Waals surface area contributed by atoms with Crippen LogP contribution in [0.1, 0.15) is 48.7 Å². The van der Waals surface area contributed by atoms with Crippen molar-refractivity contribution in [3.8, 4) is 11.3 Å². The molecular weight excluding hydrogens is 528 g/mol. The molecule has 1 unspecified atom stereocenters. The quantitative estimate of drug-likeness (QED) is 0.236. The Labute approximate surface area is 246 Å². The minimum absolute atomic E-state index is 0.00453. The van der Waals surface area contributed by atoms with Crippen LogP contribution in [0.3, 0.4) is 0 Å². The number of aryl methyl sites for hydroxylation is 1. The minimum atomic E-state index is -0.354. The Hall–Kier alpha value is -4.63. The minimum Gasteiger partial charge on any atom is -0.397 e. The first kappa shape index (κ1) is 28.9. The van der Waals surface area contributed by atoms with Crippen molar-refractivity contribution in [2.75, 3.05) is 34.4 Å². The Morgan fingerprint density at radius 1 is 1.10 bits per heavy atom. The number of nitrogen functional groups attached to an aromatic ring is 1. The van der Waals surface area contributed by atoms with Gasteiger partial charge in [-0.2, -0.15) is 0 Å². The Kier molecular flexibility index (Phi) is 7.79. The van der Waals surface area contributed by atoms with E-state index in [1.165, 1.54) is 4.57 Å². The summed E-state index contributed by atoms with van der Waals surface area (Å²) in [5.41, 5.74) is 12.7. The van der Waals surface area contributed by atoms with Gasteiger partial charge < -0.3 is 30.9 Å². The summed E-state index contributed by atoms with van der Waals surface area (Å²) in [6.07, 6.45) is 2.04. The van der Waals surface area contributed by atoms with Gasteiger partial charge in [-0.1, -0.05) is 45.0 Å². The molecule has 1 fully saturated rings. The molecule has 3 aromatic carbocycles. The van der Waals surface area contributed by atoms with Crippen molar-refractivity contribution in [2.24, 2.45) is 7.05 Å². The molecule has 218 valence electrons. The van der Waals surface area contributed by atoms with E-state index >= 15 is 0 Å². The number of carbonyl (C=O) groups is 1. The second-order valence-corrected chi connectivity index (χ2v) is 11.9. The molecule has 1 atom stereocenters. The molecule has 4 aromatic rings. The number of aliphatic hydroxyl groups is 1. The molecule has 1 amide bonds. The van der Waals surface area contributed by atoms with E-state index in [2.05, 4.69) is 41.3 Å². The Balaban J connectivity index is 1.39. The van der Waals surface area contributed by atoms with Crippen molar-refractivity contribution < 1.29 is 9.90 Å². The van der Waals surface area contributed by atoms with Crippen molar-refractivity contribution >= 4 is 34.5 Å². The van der Waals surface area contributed by atoms with Gasteiger partial charge in [-0.3, -0.25) is 9.59 Å². The van der Waals surface area contributed by atoms with Gasteiger partial charge in [-0.15, -0.1) is 0 Å². The predicted octanol–water partition coefficient (Wildman–Crippen LogP) is 5.20. The van der Waals surface area contributed by atoms with Crippen LogP contribution in [0.2, 0.25) is 0 Å². The Morgan fingerprint density at radius 2 is 1.83 bits per heavy atom. The maximum atomic E-state index is 13.1. The summed E-state index contributed by atoms with van der Waals surface area (Å²) in [6, 6.07) is 18.8. The summed E-state index contributed by atoms with van der Waals surface area (Å²) in [7, 11) is 1.68. The third-order valence-electron chi connectivity index (χ3n) is 7.74. The lowest BCUT2D eigenvalue weighted by Crippen LogP contribution is -2.23. The highest BCUT2D eigenvalue weighted by Crippen LogP contribution is 2.31. The van der Waals surface area contributed by atoms with Crippen molar-refractivity contribution in [3.63, 3.8) is 0 Å². The molecule has 1 aliphatic heterocycles. The van der Waals surface area contributed by atoms with Crippen LogP contribution in [-0.4, -0.2) is 39.8 Å². The molecular formula is C33H38N6O3. The molecule has 1 saturated heterocycles. The molecule has 0 bridgehead atoms. The maximum Gasteiger partial charge on any atom is 0.293 e. The molecule has 2 heterocycles. The average molecular weight is 567 g/mol. The van der Waals surface area contributed by atoms with Gasteiger partial charge >= 0.3 is 0 Å². The summed E-state index contributed by atoms with van der Waals surface area (Å²) in [5, 5.41) is 16.0. The number of amides is 1. The number of hydrogen-bond acceptors (Lipinski definition) is 7. The molecule has 1 aliphatic rings. The van der Waals surface area contributed by atoms with Gasteiger partial charge in [0, 0.05) is 48.8 Å². The Bertz CT molecular complexity index is 1690. The lowest BCUT2D eigenvalue weighted by molar-refractivity contribution is 0.102. The molecule has 5 N–H and O–H groups in total. The lowest BCUT2D eigenvalue weighted by atomic mass is 9.86. The van der Waals surface area contributed by atoms with Crippen LogP contribution in [-0.2, 0) is 12.5 Å². The standard InChI is InChI=1S/C33H38N6O3/c1-20-25(7-6-8-27(20)37-31(41)21-9-11-22(12-10-21)33(2,3)4)28-19-38(5)32(42)30(36-28)35-23-13-14-29(26(34)17-23)39-16-15-24(40)18-39/h6-14,17,19,24,40H,15-16,18,34H2,1-5H3,(H,35,36)(H,37,41). The average Bonchev–Trinajstić information content (AvgIpc) is 3.37. The number of hydrogen-bond donors (Lipinski definition) is 4. The van der Waals surface area contributed by atoms with E-state index in [1.54, 1.807) is 19.3 Å². The molecule has 0 radical (unpaired) electrons. The Morgan fingerprint density at radius 3 is 2.48 bits per heavy atom. The second-order valence-electron chi connectivity index (χ2n) is 11.9. The normalized spacial score (nSPS) is 15.1. The zero-order chi connectivity index (χ0) is 30.2. The summed E-state index contributed by atoms with van der Waals surface area (Å²) < 4.78 is 1.48. The first-order chi connectivity index (χ1) is 19.9. The molecule has 9 nitrogen and oxygen atoms in total. The third kappa shape index (κ3) is 6.01. The van der Waals surface area contributed by atoms with Gasteiger partial charge in [0.15, 0.2) is 5.82 Å². The molecule has 9 heteroatoms. The van der Waals surface area contributed by atoms with Crippen LogP contribution >= 0.6 is 0 Å². The highest BCUT2D eigenvalue weighted by Gasteiger charge is 2.22. The predicted molar refractivity (Wildman–Crippen MR) is 170 cm³/mol. The number of carbonyl (C=O) groups excluding carboxylic acids is 1. The van der Waals surface area contributed by atoms with Crippen molar-refractivity contribution in [1.29, 1.82) is 0 Å². The second kappa shape index (κ2) is 11.3. The van der Waals surface area contributed by atoms with Gasteiger partial charge in [0.05, 0.1) is 23.2 Å². The fraction of sp³-hybridized carbons (Fsp3) is 0.303. The van der Waals surface area contributed by atoms with Crippen LogP contribution in [0, 0.1) is 6.92 Å². The van der Waals surface area contributed by atoms with E-state index in [-0.39, 0.29) is 28.8 Å². The summed E-state index contributed by atoms with van der Waals surface area (Å²) >= 11 is 0. The number of aromatic nitrogens is 2. The van der Waals surface area contributed by atoms with E-state index in [0.717, 1.165) is 28.9 Å². The van der Waals surface area contributed by atoms with E-state index in [1.807, 2.05) is 61.5 Å². The molecule has 1 aromatic heterocycles. The summed E-state index contributed by atoms with van der Waals surface area (Å²) in [5.74, 6) is -0.0394. The number of benzene rings is 3. The fourth-order valence-corrected chi connectivity index (χ4v) is 5.20. The summed E-state index contributed by atoms with van der Waals surface area (Å²) in [4.78, 5) is 32.8. The highest BCUT2D eigenvalue weighted by molar-refractivity contribution is 6.05. The van der Waals surface area contributed by atoms with Crippen molar-refractivity contribution in [1.82, 2.24) is 9.55 Å². The molecule has 0 saturated carbocycles. The zero-order valence-corrected chi connectivity index (χ0v) is 24.7. The van der Waals surface area contributed by atoms with E-state index in [0.29, 0.717) is 41.3 Å². The molecule has 42 heavy (non-hydrogen) atoms. The monoisotopic (exact) mass is 566 g/mol. The van der Waals surface area contributed by atoms with E-state index in [9.17, 15) is 14.7 Å². The van der Waals surface area contributed by atoms with E-state index < -0.39 is 0 Å². The van der Waals surface area contributed by atoms with Crippen LogP contribution < -0.4 is 26.8 Å². The van der Waals surface area contributed by atoms with Gasteiger partial charge in [0.2, 0.25) is 0 Å². The number of nitrogens with two attached hydrogens (primary N) is 1. The summed E-state index contributed by atoms with van der Waals surface area (Å²) in [6.45, 7) is 9.62. The van der Waals surface area contributed by atoms with E-state index in [4.69, 9.17) is 5.73 Å². The smallest absolute Gasteiger partial charge is 0.293 e. The third-order valence-corrected chi connectivity index (χ3v) is 7.74. The first-order valence-corrected chi connectivity index (χ1v) is 14.1. The largest absolute Gasteiger partial charge is 0.397 e. The molecule has 0 aliphatic carbocycles. The highest BCUT2D eigenvalue weighted by atomic mass is 16.3. The van der Waals surface area contributed by atoms with Crippen LogP contribution in [0.25, 0.3) is 11.3 Å². The van der Waals surface area contributed by atoms with Crippen molar-refractivity contribution in [3.05, 3.63) is 93.9 Å². The number of nitrogens with one attached hydrogen (secondary N) is 2. The van der Waals surface area contributed by atoms with Gasteiger partial charge in [-0.25, -0.2) is 4.98 Å². The lowest BCUT2D eigenvalue weighted by Gasteiger charge is -2.20. The number of anilines is 5. The van der Waals surface area contributed by atoms with Gasteiger partial charge in [-0.05, 0) is 66.3 Å². The molecule has 0 spiro atoms. The molecule has 5 rings (SSSR count). The fourth-order valence-electron chi connectivity index (χ4n) is 5.20. The number of aliphatic hydroxyl groups excluding tert-OH is 1.